The molecule has 29 heavy (non-hydrogen) atoms. The standard InChI is InChI=1S/C20H15ClFNO6/c1-10-7-13(22)17(15(8-10)28-6-5-23-19(25)20(26)27)16-9-14(24)11-3-2-4-12(21)18(11)29-16/h2-4,7-9H,5-6H2,1H3,(H,23,25)(H,26,27). The third-order valence-electron chi connectivity index (χ3n) is 3.99. The number of aryl methyl sites for hydroxylation is 1. The van der Waals surface area contributed by atoms with Gasteiger partial charge in [-0.05, 0) is 36.8 Å². The largest absolute Gasteiger partial charge is 0.491 e. The summed E-state index contributed by atoms with van der Waals surface area (Å²) in [6.45, 7) is 1.40. The van der Waals surface area contributed by atoms with Crippen LogP contribution in [-0.2, 0) is 9.59 Å². The average Bonchev–Trinajstić information content (AvgIpc) is 2.65. The van der Waals surface area contributed by atoms with Crippen LogP contribution in [0.4, 0.5) is 4.39 Å². The van der Waals surface area contributed by atoms with Crippen molar-refractivity contribution in [2.75, 3.05) is 13.2 Å². The van der Waals surface area contributed by atoms with Crippen molar-refractivity contribution >= 4 is 34.4 Å². The lowest BCUT2D eigenvalue weighted by Crippen LogP contribution is -2.33. The molecule has 0 bridgehead atoms. The van der Waals surface area contributed by atoms with Gasteiger partial charge in [0, 0.05) is 6.07 Å². The van der Waals surface area contributed by atoms with Crippen LogP contribution in [0.25, 0.3) is 22.3 Å². The third-order valence-corrected chi connectivity index (χ3v) is 4.29. The molecular formula is C20H15ClFNO6. The fraction of sp³-hybridized carbons (Fsp3) is 0.150. The Labute approximate surface area is 168 Å². The number of carboxylic acids is 1. The monoisotopic (exact) mass is 419 g/mol. The molecule has 3 aromatic rings. The molecule has 2 N–H and O–H groups in total. The maximum absolute atomic E-state index is 14.7. The van der Waals surface area contributed by atoms with Gasteiger partial charge in [-0.15, -0.1) is 0 Å². The van der Waals surface area contributed by atoms with E-state index < -0.39 is 23.1 Å². The second kappa shape index (κ2) is 8.32. The molecule has 0 aliphatic heterocycles. The normalized spacial score (nSPS) is 10.7. The van der Waals surface area contributed by atoms with Gasteiger partial charge in [0.25, 0.3) is 0 Å². The Bertz CT molecular complexity index is 1170. The van der Waals surface area contributed by atoms with Gasteiger partial charge in [0.1, 0.15) is 23.9 Å². The van der Waals surface area contributed by atoms with Crippen molar-refractivity contribution in [3.63, 3.8) is 0 Å². The number of carbonyl (C=O) groups is 2. The molecule has 7 nitrogen and oxygen atoms in total. The van der Waals surface area contributed by atoms with Gasteiger partial charge in [0.2, 0.25) is 0 Å². The number of hydrogen-bond donors (Lipinski definition) is 2. The van der Waals surface area contributed by atoms with Gasteiger partial charge in [-0.2, -0.15) is 0 Å². The third kappa shape index (κ3) is 4.38. The average molecular weight is 420 g/mol. The molecular weight excluding hydrogens is 405 g/mol. The van der Waals surface area contributed by atoms with Crippen molar-refractivity contribution in [1.82, 2.24) is 5.32 Å². The first-order valence-corrected chi connectivity index (χ1v) is 8.82. The molecule has 1 heterocycles. The Balaban J connectivity index is 1.98. The van der Waals surface area contributed by atoms with Crippen LogP contribution in [-0.4, -0.2) is 30.1 Å². The highest BCUT2D eigenvalue weighted by atomic mass is 35.5. The second-order valence-corrected chi connectivity index (χ2v) is 6.53. The van der Waals surface area contributed by atoms with Crippen LogP contribution in [0.15, 0.2) is 45.6 Å². The molecule has 0 radical (unpaired) electrons. The molecule has 0 saturated carbocycles. The minimum atomic E-state index is -1.62. The Morgan fingerprint density at radius 2 is 2.03 bits per heavy atom. The molecule has 0 spiro atoms. The van der Waals surface area contributed by atoms with Crippen LogP contribution in [0, 0.1) is 12.7 Å². The predicted octanol–water partition coefficient (Wildman–Crippen LogP) is 3.14. The molecule has 150 valence electrons. The second-order valence-electron chi connectivity index (χ2n) is 6.12. The molecule has 9 heteroatoms. The van der Waals surface area contributed by atoms with Crippen molar-refractivity contribution in [2.24, 2.45) is 0 Å². The molecule has 3 rings (SSSR count). The zero-order valence-corrected chi connectivity index (χ0v) is 15.9. The summed E-state index contributed by atoms with van der Waals surface area (Å²) >= 11 is 6.11. The minimum absolute atomic E-state index is 0.0710. The summed E-state index contributed by atoms with van der Waals surface area (Å²) in [7, 11) is 0. The summed E-state index contributed by atoms with van der Waals surface area (Å²) in [5, 5.41) is 11.1. The lowest BCUT2D eigenvalue weighted by Gasteiger charge is -2.14. The molecule has 1 aromatic heterocycles. The van der Waals surface area contributed by atoms with Crippen molar-refractivity contribution in [1.29, 1.82) is 0 Å². The van der Waals surface area contributed by atoms with Gasteiger partial charge in [-0.1, -0.05) is 17.7 Å². The number of benzene rings is 2. The highest BCUT2D eigenvalue weighted by Crippen LogP contribution is 2.35. The van der Waals surface area contributed by atoms with Crippen molar-refractivity contribution in [3.05, 3.63) is 63.0 Å². The Hall–Kier alpha value is -3.39. The van der Waals surface area contributed by atoms with Crippen LogP contribution in [0.1, 0.15) is 5.56 Å². The summed E-state index contributed by atoms with van der Waals surface area (Å²) < 4.78 is 26.0. The van der Waals surface area contributed by atoms with E-state index in [4.69, 9.17) is 25.9 Å². The van der Waals surface area contributed by atoms with Crippen LogP contribution >= 0.6 is 11.6 Å². The SMILES string of the molecule is Cc1cc(F)c(-c2cc(=O)c3cccc(Cl)c3o2)c(OCCNC(=O)C(=O)O)c1. The summed E-state index contributed by atoms with van der Waals surface area (Å²) in [5.41, 5.74) is 0.191. The molecule has 0 saturated heterocycles. The van der Waals surface area contributed by atoms with Crippen molar-refractivity contribution < 1.29 is 28.2 Å². The summed E-state index contributed by atoms with van der Waals surface area (Å²) in [6.07, 6.45) is 0. The number of carbonyl (C=O) groups excluding carboxylic acids is 1. The smallest absolute Gasteiger partial charge is 0.394 e. The number of ether oxygens (including phenoxy) is 1. The van der Waals surface area contributed by atoms with Crippen molar-refractivity contribution in [3.8, 4) is 17.1 Å². The molecule has 1 amide bonds. The zero-order chi connectivity index (χ0) is 21.1. The van der Waals surface area contributed by atoms with Crippen LogP contribution < -0.4 is 15.5 Å². The topological polar surface area (TPSA) is 106 Å². The van der Waals surface area contributed by atoms with Crippen LogP contribution in [0.2, 0.25) is 5.02 Å². The number of nitrogens with one attached hydrogen (secondary N) is 1. The van der Waals surface area contributed by atoms with E-state index in [2.05, 4.69) is 5.32 Å². The fourth-order valence-corrected chi connectivity index (χ4v) is 2.94. The van der Waals surface area contributed by atoms with Crippen LogP contribution in [0.3, 0.4) is 0 Å². The highest BCUT2D eigenvalue weighted by Gasteiger charge is 2.19. The van der Waals surface area contributed by atoms with Gasteiger partial charge in [0.15, 0.2) is 11.0 Å². The maximum atomic E-state index is 14.7. The Morgan fingerprint density at radius 3 is 2.76 bits per heavy atom. The molecule has 0 atom stereocenters. The number of amides is 1. The quantitative estimate of drug-likeness (QED) is 0.486. The lowest BCUT2D eigenvalue weighted by atomic mass is 10.1. The highest BCUT2D eigenvalue weighted by molar-refractivity contribution is 6.34. The summed E-state index contributed by atoms with van der Waals surface area (Å²) in [6, 6.07) is 8.63. The summed E-state index contributed by atoms with van der Waals surface area (Å²) in [4.78, 5) is 34.0. The van der Waals surface area contributed by atoms with E-state index >= 15 is 0 Å². The Morgan fingerprint density at radius 1 is 1.28 bits per heavy atom. The van der Waals surface area contributed by atoms with Crippen molar-refractivity contribution in [2.45, 2.75) is 6.92 Å². The van der Waals surface area contributed by atoms with Crippen LogP contribution in [0.5, 0.6) is 5.75 Å². The summed E-state index contributed by atoms with van der Waals surface area (Å²) in [5.74, 6) is -3.48. The van der Waals surface area contributed by atoms with E-state index in [0.717, 1.165) is 6.07 Å². The maximum Gasteiger partial charge on any atom is 0.394 e. The van der Waals surface area contributed by atoms with Gasteiger partial charge in [0.05, 0.1) is 22.5 Å². The van der Waals surface area contributed by atoms with Gasteiger partial charge >= 0.3 is 11.9 Å². The zero-order valence-electron chi connectivity index (χ0n) is 15.1. The molecule has 0 unspecified atom stereocenters. The molecule has 0 fully saturated rings. The number of fused-ring (bicyclic) bond motifs is 1. The lowest BCUT2D eigenvalue weighted by molar-refractivity contribution is -0.150. The minimum Gasteiger partial charge on any atom is -0.491 e. The first-order chi connectivity index (χ1) is 13.8. The first-order valence-electron chi connectivity index (χ1n) is 8.44. The van der Waals surface area contributed by atoms with E-state index in [-0.39, 0.29) is 46.2 Å². The molecule has 2 aromatic carbocycles. The van der Waals surface area contributed by atoms with Gasteiger partial charge in [-0.25, -0.2) is 9.18 Å². The number of carboxylic acid groups (broad SMARTS) is 1. The molecule has 0 aliphatic carbocycles. The number of hydrogen-bond acceptors (Lipinski definition) is 5. The van der Waals surface area contributed by atoms with E-state index in [0.29, 0.717) is 5.56 Å². The number of halogens is 2. The first kappa shape index (κ1) is 20.3. The Kier molecular flexibility index (Phi) is 5.84. The van der Waals surface area contributed by atoms with E-state index in [1.165, 1.54) is 12.1 Å². The number of para-hydroxylation sites is 1. The van der Waals surface area contributed by atoms with E-state index in [1.54, 1.807) is 25.1 Å². The van der Waals surface area contributed by atoms with Gasteiger partial charge in [-0.3, -0.25) is 9.59 Å². The number of rotatable bonds is 5. The van der Waals surface area contributed by atoms with E-state index in [1.807, 2.05) is 0 Å². The predicted molar refractivity (Wildman–Crippen MR) is 104 cm³/mol. The van der Waals surface area contributed by atoms with Gasteiger partial charge < -0.3 is 19.6 Å². The fourth-order valence-electron chi connectivity index (χ4n) is 2.73. The molecule has 0 aliphatic rings. The number of aliphatic carboxylic acids is 1. The van der Waals surface area contributed by atoms with E-state index in [9.17, 15) is 18.8 Å².